The third-order valence-corrected chi connectivity index (χ3v) is 5.46. The van der Waals surface area contributed by atoms with Gasteiger partial charge in [-0.05, 0) is 31.0 Å². The fourth-order valence-electron chi connectivity index (χ4n) is 2.51. The molecule has 1 saturated heterocycles. The molecule has 0 radical (unpaired) electrons. The Bertz CT molecular complexity index is 547. The predicted octanol–water partition coefficient (Wildman–Crippen LogP) is 0.259. The highest BCUT2D eigenvalue weighted by Gasteiger charge is 2.25. The molecule has 0 unspecified atom stereocenters. The standard InChI is InChI=1S/C14H22N2O2S/c1-11-4-5-12(2)14(10-11)19(17,18)15-13-6-8-16(3)9-7-13/h4-5,10,13,15H,6-9H2,1-3H3/p+1. The summed E-state index contributed by atoms with van der Waals surface area (Å²) in [5.74, 6) is 0. The van der Waals surface area contributed by atoms with Crippen molar-refractivity contribution in [3.63, 3.8) is 0 Å². The van der Waals surface area contributed by atoms with E-state index in [4.69, 9.17) is 0 Å². The highest BCUT2D eigenvalue weighted by atomic mass is 32.2. The van der Waals surface area contributed by atoms with Crippen LogP contribution in [0.2, 0.25) is 0 Å². The Hall–Kier alpha value is -0.910. The zero-order chi connectivity index (χ0) is 14.0. The Balaban J connectivity index is 2.16. The summed E-state index contributed by atoms with van der Waals surface area (Å²) < 4.78 is 27.7. The Morgan fingerprint density at radius 2 is 1.84 bits per heavy atom. The lowest BCUT2D eigenvalue weighted by molar-refractivity contribution is -0.884. The van der Waals surface area contributed by atoms with E-state index in [2.05, 4.69) is 11.8 Å². The Morgan fingerprint density at radius 3 is 2.47 bits per heavy atom. The van der Waals surface area contributed by atoms with Crippen LogP contribution < -0.4 is 9.62 Å². The molecular weight excluding hydrogens is 260 g/mol. The number of hydrogen-bond acceptors (Lipinski definition) is 2. The Kier molecular flexibility index (Phi) is 4.28. The fourth-order valence-corrected chi connectivity index (χ4v) is 4.14. The largest absolute Gasteiger partial charge is 0.337 e. The van der Waals surface area contributed by atoms with E-state index in [0.717, 1.165) is 37.1 Å². The molecule has 1 aromatic rings. The first-order valence-corrected chi connectivity index (χ1v) is 8.28. The van der Waals surface area contributed by atoms with Gasteiger partial charge in [0.15, 0.2) is 0 Å². The molecular formula is C14H23N2O2S+. The summed E-state index contributed by atoms with van der Waals surface area (Å²) in [7, 11) is -1.24. The lowest BCUT2D eigenvalue weighted by Crippen LogP contribution is -3.10. The lowest BCUT2D eigenvalue weighted by Gasteiger charge is -2.27. The van der Waals surface area contributed by atoms with E-state index >= 15 is 0 Å². The Labute approximate surface area is 115 Å². The maximum absolute atomic E-state index is 12.4. The normalized spacial score (nSPS) is 24.4. The minimum atomic E-state index is -3.39. The van der Waals surface area contributed by atoms with E-state index in [-0.39, 0.29) is 6.04 Å². The number of quaternary nitrogens is 1. The average molecular weight is 283 g/mol. The average Bonchev–Trinajstić information content (AvgIpc) is 2.35. The predicted molar refractivity (Wildman–Crippen MR) is 75.9 cm³/mol. The van der Waals surface area contributed by atoms with Gasteiger partial charge >= 0.3 is 0 Å². The van der Waals surface area contributed by atoms with Crippen molar-refractivity contribution >= 4 is 10.0 Å². The van der Waals surface area contributed by atoms with Crippen LogP contribution in [0.1, 0.15) is 24.0 Å². The van der Waals surface area contributed by atoms with Crippen LogP contribution in [0.15, 0.2) is 23.1 Å². The number of aryl methyl sites for hydroxylation is 2. The first kappa shape index (κ1) is 14.5. The van der Waals surface area contributed by atoms with Gasteiger partial charge in [0, 0.05) is 18.9 Å². The molecule has 5 heteroatoms. The summed E-state index contributed by atoms with van der Waals surface area (Å²) in [4.78, 5) is 1.89. The van der Waals surface area contributed by atoms with E-state index in [1.54, 1.807) is 6.07 Å². The molecule has 19 heavy (non-hydrogen) atoms. The van der Waals surface area contributed by atoms with Crippen LogP contribution in [0.4, 0.5) is 0 Å². The van der Waals surface area contributed by atoms with Crippen LogP contribution in [0, 0.1) is 13.8 Å². The topological polar surface area (TPSA) is 50.6 Å². The number of benzene rings is 1. The maximum Gasteiger partial charge on any atom is 0.241 e. The molecule has 0 spiro atoms. The molecule has 1 aromatic carbocycles. The maximum atomic E-state index is 12.4. The van der Waals surface area contributed by atoms with Gasteiger partial charge in [0.25, 0.3) is 0 Å². The van der Waals surface area contributed by atoms with Crippen molar-refractivity contribution in [2.24, 2.45) is 0 Å². The SMILES string of the molecule is Cc1ccc(C)c(S(=O)(=O)NC2CC[NH+](C)CC2)c1. The minimum absolute atomic E-state index is 0.0774. The van der Waals surface area contributed by atoms with Gasteiger partial charge in [0.2, 0.25) is 10.0 Å². The minimum Gasteiger partial charge on any atom is -0.337 e. The third-order valence-electron chi connectivity index (χ3n) is 3.79. The van der Waals surface area contributed by atoms with E-state index < -0.39 is 10.0 Å². The fraction of sp³-hybridized carbons (Fsp3) is 0.571. The zero-order valence-electron chi connectivity index (χ0n) is 11.9. The van der Waals surface area contributed by atoms with Crippen molar-refractivity contribution in [3.8, 4) is 0 Å². The van der Waals surface area contributed by atoms with Crippen molar-refractivity contribution in [3.05, 3.63) is 29.3 Å². The second-order valence-corrected chi connectivity index (χ2v) is 7.30. The molecule has 0 bridgehead atoms. The molecule has 0 amide bonds. The molecule has 1 aliphatic rings. The molecule has 0 aromatic heterocycles. The van der Waals surface area contributed by atoms with Crippen LogP contribution in [0.3, 0.4) is 0 Å². The summed E-state index contributed by atoms with van der Waals surface area (Å²) in [5.41, 5.74) is 1.77. The number of piperidine rings is 1. The van der Waals surface area contributed by atoms with Crippen molar-refractivity contribution in [2.75, 3.05) is 20.1 Å². The Morgan fingerprint density at radius 1 is 1.21 bits per heavy atom. The van der Waals surface area contributed by atoms with Crippen LogP contribution in [-0.2, 0) is 10.0 Å². The van der Waals surface area contributed by atoms with Crippen molar-refractivity contribution in [1.82, 2.24) is 4.72 Å². The van der Waals surface area contributed by atoms with Crippen molar-refractivity contribution in [1.29, 1.82) is 0 Å². The molecule has 1 fully saturated rings. The molecule has 4 nitrogen and oxygen atoms in total. The van der Waals surface area contributed by atoms with Gasteiger partial charge in [0.1, 0.15) is 0 Å². The molecule has 1 heterocycles. The monoisotopic (exact) mass is 283 g/mol. The highest BCUT2D eigenvalue weighted by Crippen LogP contribution is 2.17. The molecule has 2 N–H and O–H groups in total. The van der Waals surface area contributed by atoms with E-state index in [1.807, 2.05) is 26.0 Å². The first-order valence-electron chi connectivity index (χ1n) is 6.79. The van der Waals surface area contributed by atoms with E-state index in [0.29, 0.717) is 4.90 Å². The molecule has 0 aliphatic carbocycles. The number of hydrogen-bond donors (Lipinski definition) is 2. The second-order valence-electron chi connectivity index (χ2n) is 5.62. The molecule has 1 aliphatic heterocycles. The van der Waals surface area contributed by atoms with Gasteiger partial charge in [-0.1, -0.05) is 12.1 Å². The molecule has 106 valence electrons. The second kappa shape index (κ2) is 5.61. The van der Waals surface area contributed by atoms with Crippen LogP contribution in [0.5, 0.6) is 0 Å². The van der Waals surface area contributed by atoms with Crippen LogP contribution >= 0.6 is 0 Å². The first-order chi connectivity index (χ1) is 8.88. The van der Waals surface area contributed by atoms with Crippen molar-refractivity contribution in [2.45, 2.75) is 37.6 Å². The number of rotatable bonds is 3. The van der Waals surface area contributed by atoms with Gasteiger partial charge in [-0.25, -0.2) is 13.1 Å². The summed E-state index contributed by atoms with van der Waals surface area (Å²) >= 11 is 0. The lowest BCUT2D eigenvalue weighted by atomic mass is 10.1. The van der Waals surface area contributed by atoms with Crippen LogP contribution in [-0.4, -0.2) is 34.6 Å². The molecule has 0 saturated carbocycles. The summed E-state index contributed by atoms with van der Waals surface area (Å²) in [6.07, 6.45) is 1.83. The van der Waals surface area contributed by atoms with E-state index in [1.165, 1.54) is 4.90 Å². The van der Waals surface area contributed by atoms with Crippen LogP contribution in [0.25, 0.3) is 0 Å². The van der Waals surface area contributed by atoms with E-state index in [9.17, 15) is 8.42 Å². The quantitative estimate of drug-likeness (QED) is 0.836. The van der Waals surface area contributed by atoms with Gasteiger partial charge in [-0.2, -0.15) is 0 Å². The smallest absolute Gasteiger partial charge is 0.241 e. The number of likely N-dealkylation sites (tertiary alicyclic amines) is 1. The van der Waals surface area contributed by atoms with Gasteiger partial charge in [0.05, 0.1) is 25.0 Å². The summed E-state index contributed by atoms with van der Waals surface area (Å²) in [5, 5.41) is 0. The van der Waals surface area contributed by atoms with Gasteiger partial charge < -0.3 is 4.90 Å². The van der Waals surface area contributed by atoms with Gasteiger partial charge in [-0.15, -0.1) is 0 Å². The zero-order valence-corrected chi connectivity index (χ0v) is 12.7. The molecule has 2 rings (SSSR count). The summed E-state index contributed by atoms with van der Waals surface area (Å²) in [6.45, 7) is 5.81. The van der Waals surface area contributed by atoms with Crippen molar-refractivity contribution < 1.29 is 13.3 Å². The highest BCUT2D eigenvalue weighted by molar-refractivity contribution is 7.89. The third kappa shape index (κ3) is 3.55. The number of sulfonamides is 1. The number of nitrogens with one attached hydrogen (secondary N) is 2. The summed E-state index contributed by atoms with van der Waals surface area (Å²) in [6, 6.07) is 5.63. The van der Waals surface area contributed by atoms with Gasteiger partial charge in [-0.3, -0.25) is 0 Å². The molecule has 0 atom stereocenters.